The number of benzene rings is 3. The van der Waals surface area contributed by atoms with Gasteiger partial charge in [-0.15, -0.1) is 0 Å². The van der Waals surface area contributed by atoms with Crippen LogP contribution in [0.1, 0.15) is 11.1 Å². The lowest BCUT2D eigenvalue weighted by Gasteiger charge is -2.14. The Kier molecular flexibility index (Phi) is 6.47. The first kappa shape index (κ1) is 20.2. The van der Waals surface area contributed by atoms with E-state index in [9.17, 15) is 4.79 Å². The molecule has 30 heavy (non-hydrogen) atoms. The van der Waals surface area contributed by atoms with Crippen molar-refractivity contribution in [3.63, 3.8) is 0 Å². The van der Waals surface area contributed by atoms with Gasteiger partial charge in [0.05, 0.1) is 25.3 Å². The smallest absolute Gasteiger partial charge is 0.256 e. The van der Waals surface area contributed by atoms with Gasteiger partial charge >= 0.3 is 0 Å². The van der Waals surface area contributed by atoms with Gasteiger partial charge in [-0.25, -0.2) is 0 Å². The Morgan fingerprint density at radius 2 is 1.57 bits per heavy atom. The summed E-state index contributed by atoms with van der Waals surface area (Å²) in [5.41, 5.74) is 2.38. The molecule has 0 saturated carbocycles. The second-order valence-corrected chi connectivity index (χ2v) is 7.41. The Bertz CT molecular complexity index is 1170. The molecule has 0 fully saturated rings. The van der Waals surface area contributed by atoms with Crippen LogP contribution in [0.4, 0.5) is 0 Å². The fourth-order valence-corrected chi connectivity index (χ4v) is 3.52. The van der Waals surface area contributed by atoms with Crippen LogP contribution < -0.4 is 10.3 Å². The van der Waals surface area contributed by atoms with Gasteiger partial charge in [-0.1, -0.05) is 66.2 Å². The van der Waals surface area contributed by atoms with Crippen molar-refractivity contribution < 1.29 is 9.47 Å². The summed E-state index contributed by atoms with van der Waals surface area (Å²) >= 11 is 6.19. The molecule has 3 aromatic carbocycles. The molecule has 0 aliphatic rings. The fraction of sp³-hybridized carbons (Fsp3) is 0.160. The third-order valence-corrected chi connectivity index (χ3v) is 5.06. The Balaban J connectivity index is 1.55. The minimum absolute atomic E-state index is 0.0884. The minimum Gasteiger partial charge on any atom is -0.492 e. The maximum atomic E-state index is 13.2. The van der Waals surface area contributed by atoms with E-state index < -0.39 is 0 Å². The first-order valence-electron chi connectivity index (χ1n) is 9.82. The van der Waals surface area contributed by atoms with Gasteiger partial charge in [-0.3, -0.25) is 4.79 Å². The van der Waals surface area contributed by atoms with E-state index in [0.29, 0.717) is 30.3 Å². The highest BCUT2D eigenvalue weighted by Gasteiger charge is 2.11. The lowest BCUT2D eigenvalue weighted by Crippen LogP contribution is -2.27. The second-order valence-electron chi connectivity index (χ2n) is 6.97. The highest BCUT2D eigenvalue weighted by Crippen LogP contribution is 2.20. The molecule has 0 unspecified atom stereocenters. The van der Waals surface area contributed by atoms with Gasteiger partial charge < -0.3 is 14.0 Å². The Morgan fingerprint density at radius 3 is 2.33 bits per heavy atom. The molecule has 4 aromatic rings. The zero-order valence-corrected chi connectivity index (χ0v) is 17.2. The Labute approximate surface area is 180 Å². The third kappa shape index (κ3) is 4.90. The van der Waals surface area contributed by atoms with Crippen molar-refractivity contribution >= 4 is 22.5 Å². The van der Waals surface area contributed by atoms with Crippen LogP contribution >= 0.6 is 11.6 Å². The first-order chi connectivity index (χ1) is 14.7. The van der Waals surface area contributed by atoms with Gasteiger partial charge in [0.2, 0.25) is 0 Å². The van der Waals surface area contributed by atoms with Crippen molar-refractivity contribution in [3.8, 4) is 5.75 Å². The lowest BCUT2D eigenvalue weighted by molar-refractivity contribution is 0.106. The van der Waals surface area contributed by atoms with E-state index in [1.807, 2.05) is 84.9 Å². The van der Waals surface area contributed by atoms with Crippen LogP contribution in [0.15, 0.2) is 89.7 Å². The average Bonchev–Trinajstić information content (AvgIpc) is 2.78. The number of nitrogens with zero attached hydrogens (tertiary/aromatic N) is 1. The summed E-state index contributed by atoms with van der Waals surface area (Å²) in [6.07, 6.45) is 0. The standard InChI is InChI=1S/C25H22ClNO3/c26-22-12-11-20-15-21(18-29-17-19-7-3-1-4-8-19)25(28)27(24(20)16-22)13-14-30-23-9-5-2-6-10-23/h1-12,15-16H,13-14,17-18H2. The predicted molar refractivity (Wildman–Crippen MR) is 120 cm³/mol. The van der Waals surface area contributed by atoms with Crippen LogP contribution in [0.25, 0.3) is 10.9 Å². The van der Waals surface area contributed by atoms with E-state index in [-0.39, 0.29) is 12.2 Å². The summed E-state index contributed by atoms with van der Waals surface area (Å²) in [4.78, 5) is 13.2. The number of fused-ring (bicyclic) bond motifs is 1. The fourth-order valence-electron chi connectivity index (χ4n) is 3.35. The number of ether oxygens (including phenoxy) is 2. The molecule has 1 aromatic heterocycles. The highest BCUT2D eigenvalue weighted by atomic mass is 35.5. The number of hydrogen-bond donors (Lipinski definition) is 0. The summed E-state index contributed by atoms with van der Waals surface area (Å²) in [7, 11) is 0. The van der Waals surface area contributed by atoms with Crippen molar-refractivity contribution in [2.24, 2.45) is 0 Å². The van der Waals surface area contributed by atoms with Crippen molar-refractivity contribution in [2.75, 3.05) is 6.61 Å². The van der Waals surface area contributed by atoms with Gasteiger partial charge in [-0.2, -0.15) is 0 Å². The lowest BCUT2D eigenvalue weighted by atomic mass is 10.1. The number of pyridine rings is 1. The number of halogens is 1. The zero-order chi connectivity index (χ0) is 20.8. The molecule has 0 amide bonds. The topological polar surface area (TPSA) is 40.5 Å². The molecule has 0 aliphatic heterocycles. The second kappa shape index (κ2) is 9.61. The van der Waals surface area contributed by atoms with E-state index in [1.54, 1.807) is 4.57 Å². The minimum atomic E-state index is -0.0884. The van der Waals surface area contributed by atoms with Crippen LogP contribution in [0.2, 0.25) is 5.02 Å². The zero-order valence-electron chi connectivity index (χ0n) is 16.5. The van der Waals surface area contributed by atoms with Crippen LogP contribution in [0.3, 0.4) is 0 Å². The van der Waals surface area contributed by atoms with E-state index in [2.05, 4.69) is 0 Å². The molecule has 152 valence electrons. The van der Waals surface area contributed by atoms with Gasteiger partial charge in [0, 0.05) is 10.6 Å². The number of rotatable bonds is 8. The van der Waals surface area contributed by atoms with E-state index >= 15 is 0 Å². The van der Waals surface area contributed by atoms with Crippen molar-refractivity contribution in [1.82, 2.24) is 4.57 Å². The van der Waals surface area contributed by atoms with Crippen LogP contribution in [-0.2, 0) is 24.5 Å². The van der Waals surface area contributed by atoms with E-state index in [0.717, 1.165) is 22.2 Å². The summed E-state index contributed by atoms with van der Waals surface area (Å²) in [5, 5.41) is 1.53. The molecule has 0 radical (unpaired) electrons. The highest BCUT2D eigenvalue weighted by molar-refractivity contribution is 6.31. The Hall–Kier alpha value is -3.08. The summed E-state index contributed by atoms with van der Waals surface area (Å²) < 4.78 is 13.3. The molecule has 4 rings (SSSR count). The molecule has 4 nitrogen and oxygen atoms in total. The molecule has 0 spiro atoms. The van der Waals surface area contributed by atoms with Crippen molar-refractivity contribution in [2.45, 2.75) is 19.8 Å². The van der Waals surface area contributed by atoms with E-state index in [1.165, 1.54) is 0 Å². The summed E-state index contributed by atoms with van der Waals surface area (Å²) in [6.45, 7) is 1.48. The van der Waals surface area contributed by atoms with Crippen LogP contribution in [-0.4, -0.2) is 11.2 Å². The van der Waals surface area contributed by atoms with Crippen molar-refractivity contribution in [3.05, 3.63) is 111 Å². The quantitative estimate of drug-likeness (QED) is 0.381. The SMILES string of the molecule is O=c1c(COCc2ccccc2)cc2ccc(Cl)cc2n1CCOc1ccccc1. The monoisotopic (exact) mass is 419 g/mol. The van der Waals surface area contributed by atoms with Crippen LogP contribution in [0.5, 0.6) is 5.75 Å². The number of hydrogen-bond acceptors (Lipinski definition) is 3. The maximum Gasteiger partial charge on any atom is 0.256 e. The normalized spacial score (nSPS) is 11.0. The maximum absolute atomic E-state index is 13.2. The summed E-state index contributed by atoms with van der Waals surface area (Å²) in [6, 6.07) is 26.9. The number of para-hydroxylation sites is 1. The van der Waals surface area contributed by atoms with Gasteiger partial charge in [0.1, 0.15) is 12.4 Å². The molecule has 0 N–H and O–H groups in total. The molecule has 0 saturated heterocycles. The molecular weight excluding hydrogens is 398 g/mol. The first-order valence-corrected chi connectivity index (χ1v) is 10.2. The molecule has 0 bridgehead atoms. The average molecular weight is 420 g/mol. The third-order valence-electron chi connectivity index (χ3n) is 4.83. The molecule has 0 atom stereocenters. The predicted octanol–water partition coefficient (Wildman–Crippen LogP) is 5.45. The number of aromatic nitrogens is 1. The van der Waals surface area contributed by atoms with Crippen molar-refractivity contribution in [1.29, 1.82) is 0 Å². The molecular formula is C25H22ClNO3. The van der Waals surface area contributed by atoms with Gasteiger partial charge in [-0.05, 0) is 41.3 Å². The largest absolute Gasteiger partial charge is 0.492 e. The molecule has 1 heterocycles. The van der Waals surface area contributed by atoms with Crippen LogP contribution in [0, 0.1) is 0 Å². The van der Waals surface area contributed by atoms with E-state index in [4.69, 9.17) is 21.1 Å². The molecule has 0 aliphatic carbocycles. The summed E-state index contributed by atoms with van der Waals surface area (Å²) in [5.74, 6) is 0.773. The molecule has 5 heteroatoms. The Morgan fingerprint density at radius 1 is 0.833 bits per heavy atom. The van der Waals surface area contributed by atoms with Gasteiger partial charge in [0.25, 0.3) is 5.56 Å². The van der Waals surface area contributed by atoms with Gasteiger partial charge in [0.15, 0.2) is 0 Å².